The number of hydrogen-bond acceptors (Lipinski definition) is 1. The molecule has 112 valence electrons. The van der Waals surface area contributed by atoms with E-state index in [2.05, 4.69) is 18.3 Å². The molecule has 0 spiro atoms. The fourth-order valence-corrected chi connectivity index (χ4v) is 3.09. The molecule has 0 bridgehead atoms. The van der Waals surface area contributed by atoms with E-state index >= 15 is 0 Å². The van der Waals surface area contributed by atoms with E-state index in [4.69, 9.17) is 34.8 Å². The number of hydrogen-bond donors (Lipinski definition) is 1. The molecule has 0 saturated heterocycles. The smallest absolute Gasteiger partial charge is 0.0643 e. The average molecular weight is 343 g/mol. The molecule has 0 heterocycles. The van der Waals surface area contributed by atoms with Crippen molar-refractivity contribution in [3.05, 3.63) is 68.2 Å². The van der Waals surface area contributed by atoms with E-state index in [0.717, 1.165) is 34.7 Å². The number of benzene rings is 2. The number of aryl methyl sites for hydroxylation is 1. The van der Waals surface area contributed by atoms with Crippen LogP contribution >= 0.6 is 34.8 Å². The van der Waals surface area contributed by atoms with Gasteiger partial charge in [0.1, 0.15) is 0 Å². The molecule has 0 aliphatic heterocycles. The molecule has 0 aliphatic carbocycles. The molecule has 1 nitrogen and oxygen atoms in total. The monoisotopic (exact) mass is 341 g/mol. The highest BCUT2D eigenvalue weighted by molar-refractivity contribution is 6.42. The standard InChI is InChI=1S/C17H18Cl3N/c1-3-7-21-17(12-8-11(2)9-13(18)10-12)14-5-4-6-15(19)16(14)20/h4-6,8-10,17,21H,3,7H2,1-2H3. The number of rotatable bonds is 5. The van der Waals surface area contributed by atoms with Crippen molar-refractivity contribution in [1.29, 1.82) is 0 Å². The Hall–Kier alpha value is -0.730. The number of halogens is 3. The first-order valence-electron chi connectivity index (χ1n) is 6.97. The largest absolute Gasteiger partial charge is 0.306 e. The van der Waals surface area contributed by atoms with E-state index in [1.54, 1.807) is 6.07 Å². The Kier molecular flexibility index (Phi) is 5.95. The van der Waals surface area contributed by atoms with Crippen molar-refractivity contribution in [2.24, 2.45) is 0 Å². The molecule has 2 aromatic carbocycles. The van der Waals surface area contributed by atoms with Crippen LogP contribution in [0.3, 0.4) is 0 Å². The van der Waals surface area contributed by atoms with Gasteiger partial charge in [0.15, 0.2) is 0 Å². The van der Waals surface area contributed by atoms with E-state index in [0.29, 0.717) is 10.0 Å². The summed E-state index contributed by atoms with van der Waals surface area (Å²) in [6.07, 6.45) is 1.04. The Morgan fingerprint density at radius 3 is 2.52 bits per heavy atom. The SMILES string of the molecule is CCCNC(c1cc(C)cc(Cl)c1)c1cccc(Cl)c1Cl. The third kappa shape index (κ3) is 4.14. The molecular weight excluding hydrogens is 325 g/mol. The lowest BCUT2D eigenvalue weighted by Gasteiger charge is -2.22. The van der Waals surface area contributed by atoms with E-state index in [-0.39, 0.29) is 6.04 Å². The van der Waals surface area contributed by atoms with E-state index in [1.807, 2.05) is 31.2 Å². The van der Waals surface area contributed by atoms with Gasteiger partial charge in [0.25, 0.3) is 0 Å². The zero-order valence-electron chi connectivity index (χ0n) is 12.1. The fourth-order valence-electron chi connectivity index (χ4n) is 2.37. The quantitative estimate of drug-likeness (QED) is 0.698. The van der Waals surface area contributed by atoms with Gasteiger partial charge in [0.2, 0.25) is 0 Å². The van der Waals surface area contributed by atoms with Crippen LogP contribution in [-0.4, -0.2) is 6.54 Å². The maximum absolute atomic E-state index is 6.39. The summed E-state index contributed by atoms with van der Waals surface area (Å²) in [5.41, 5.74) is 3.19. The van der Waals surface area contributed by atoms with Crippen LogP contribution in [0.4, 0.5) is 0 Å². The van der Waals surface area contributed by atoms with Crippen LogP contribution in [0, 0.1) is 6.92 Å². The van der Waals surface area contributed by atoms with Crippen LogP contribution < -0.4 is 5.32 Å². The second-order valence-electron chi connectivity index (χ2n) is 5.09. The van der Waals surface area contributed by atoms with Crippen molar-refractivity contribution in [1.82, 2.24) is 5.32 Å². The Balaban J connectivity index is 2.49. The van der Waals surface area contributed by atoms with Gasteiger partial charge in [-0.3, -0.25) is 0 Å². The predicted octanol–water partition coefficient (Wildman–Crippen LogP) is 6.04. The lowest BCUT2D eigenvalue weighted by molar-refractivity contribution is 0.598. The highest BCUT2D eigenvalue weighted by atomic mass is 35.5. The normalized spacial score (nSPS) is 12.4. The Bertz CT molecular complexity index is 605. The van der Waals surface area contributed by atoms with E-state index in [9.17, 15) is 0 Å². The third-order valence-electron chi connectivity index (χ3n) is 3.29. The zero-order valence-corrected chi connectivity index (χ0v) is 14.4. The van der Waals surface area contributed by atoms with Crippen LogP contribution in [-0.2, 0) is 0 Å². The minimum absolute atomic E-state index is 0.0199. The molecule has 0 aliphatic rings. The molecule has 0 aromatic heterocycles. The van der Waals surface area contributed by atoms with Gasteiger partial charge in [0.05, 0.1) is 16.1 Å². The van der Waals surface area contributed by atoms with Crippen molar-refractivity contribution in [2.75, 3.05) is 6.54 Å². The minimum atomic E-state index is -0.0199. The Labute approximate surface area is 141 Å². The van der Waals surface area contributed by atoms with Crippen molar-refractivity contribution in [3.8, 4) is 0 Å². The van der Waals surface area contributed by atoms with Gasteiger partial charge in [-0.1, -0.05) is 59.9 Å². The van der Waals surface area contributed by atoms with Crippen LogP contribution in [0.1, 0.15) is 36.1 Å². The third-order valence-corrected chi connectivity index (χ3v) is 4.34. The molecule has 0 amide bonds. The molecule has 21 heavy (non-hydrogen) atoms. The summed E-state index contributed by atoms with van der Waals surface area (Å²) >= 11 is 18.7. The van der Waals surface area contributed by atoms with Gasteiger partial charge >= 0.3 is 0 Å². The molecule has 0 saturated carbocycles. The van der Waals surface area contributed by atoms with Gasteiger partial charge < -0.3 is 5.32 Å². The topological polar surface area (TPSA) is 12.0 Å². The summed E-state index contributed by atoms with van der Waals surface area (Å²) in [5.74, 6) is 0. The summed E-state index contributed by atoms with van der Waals surface area (Å²) < 4.78 is 0. The zero-order chi connectivity index (χ0) is 15.4. The maximum atomic E-state index is 6.39. The second kappa shape index (κ2) is 7.51. The highest BCUT2D eigenvalue weighted by Crippen LogP contribution is 2.34. The molecule has 2 rings (SSSR count). The van der Waals surface area contributed by atoms with Gasteiger partial charge in [-0.15, -0.1) is 0 Å². The van der Waals surface area contributed by atoms with Crippen molar-refractivity contribution >= 4 is 34.8 Å². The first-order chi connectivity index (χ1) is 10.0. The summed E-state index contributed by atoms with van der Waals surface area (Å²) in [6, 6.07) is 11.7. The fraction of sp³-hybridized carbons (Fsp3) is 0.294. The lowest BCUT2D eigenvalue weighted by atomic mass is 9.97. The maximum Gasteiger partial charge on any atom is 0.0643 e. The first-order valence-corrected chi connectivity index (χ1v) is 8.10. The molecule has 1 atom stereocenters. The predicted molar refractivity (Wildman–Crippen MR) is 92.8 cm³/mol. The highest BCUT2D eigenvalue weighted by Gasteiger charge is 2.18. The lowest BCUT2D eigenvalue weighted by Crippen LogP contribution is -2.23. The van der Waals surface area contributed by atoms with E-state index in [1.165, 1.54) is 0 Å². The summed E-state index contributed by atoms with van der Waals surface area (Å²) in [6.45, 7) is 5.05. The number of nitrogens with one attached hydrogen (secondary N) is 1. The van der Waals surface area contributed by atoms with Crippen molar-refractivity contribution in [3.63, 3.8) is 0 Å². The molecule has 1 N–H and O–H groups in total. The molecule has 0 radical (unpaired) electrons. The summed E-state index contributed by atoms with van der Waals surface area (Å²) in [5, 5.41) is 5.41. The minimum Gasteiger partial charge on any atom is -0.306 e. The van der Waals surface area contributed by atoms with Crippen molar-refractivity contribution in [2.45, 2.75) is 26.3 Å². The Morgan fingerprint density at radius 1 is 1.10 bits per heavy atom. The molecule has 1 unspecified atom stereocenters. The van der Waals surface area contributed by atoms with Crippen LogP contribution in [0.15, 0.2) is 36.4 Å². The average Bonchev–Trinajstić information content (AvgIpc) is 2.42. The first kappa shape index (κ1) is 16.6. The summed E-state index contributed by atoms with van der Waals surface area (Å²) in [7, 11) is 0. The van der Waals surface area contributed by atoms with Gasteiger partial charge in [-0.2, -0.15) is 0 Å². The second-order valence-corrected chi connectivity index (χ2v) is 6.31. The molecule has 0 fully saturated rings. The van der Waals surface area contributed by atoms with Crippen LogP contribution in [0.25, 0.3) is 0 Å². The molecular formula is C17H18Cl3N. The summed E-state index contributed by atoms with van der Waals surface area (Å²) in [4.78, 5) is 0. The van der Waals surface area contributed by atoms with Gasteiger partial charge in [-0.25, -0.2) is 0 Å². The molecule has 4 heteroatoms. The Morgan fingerprint density at radius 2 is 1.86 bits per heavy atom. The molecule has 2 aromatic rings. The van der Waals surface area contributed by atoms with Gasteiger partial charge in [0, 0.05) is 5.02 Å². The van der Waals surface area contributed by atoms with Crippen LogP contribution in [0.5, 0.6) is 0 Å². The van der Waals surface area contributed by atoms with Gasteiger partial charge in [-0.05, 0) is 54.8 Å². The van der Waals surface area contributed by atoms with E-state index < -0.39 is 0 Å². The van der Waals surface area contributed by atoms with Crippen LogP contribution in [0.2, 0.25) is 15.1 Å². The van der Waals surface area contributed by atoms with Crippen molar-refractivity contribution < 1.29 is 0 Å².